The number of hydrogen-bond acceptors (Lipinski definition) is 1. The first-order valence-corrected chi connectivity index (χ1v) is 16.4. The quantitative estimate of drug-likeness (QED) is 0.181. The molecule has 1 aromatic heterocycles. The average molecular weight is 613 g/mol. The first-order chi connectivity index (χ1) is 23.8. The minimum atomic E-state index is 1.12. The molecule has 0 spiro atoms. The zero-order valence-electron chi connectivity index (χ0n) is 26.4. The zero-order chi connectivity index (χ0) is 31.9. The van der Waals surface area contributed by atoms with E-state index in [0.717, 1.165) is 22.7 Å². The summed E-state index contributed by atoms with van der Waals surface area (Å²) in [5.41, 5.74) is 11.6. The predicted molar refractivity (Wildman–Crippen MR) is 204 cm³/mol. The van der Waals surface area contributed by atoms with Crippen molar-refractivity contribution >= 4 is 49.6 Å². The molecular formula is C46H32N2. The molecule has 0 N–H and O–H groups in total. The smallest absolute Gasteiger partial charge is 0.0562 e. The molecule has 0 bridgehead atoms. The van der Waals surface area contributed by atoms with E-state index in [1.807, 2.05) is 0 Å². The number of benzene rings is 8. The minimum absolute atomic E-state index is 1.12. The molecule has 0 aliphatic heterocycles. The largest absolute Gasteiger partial charge is 0.310 e. The Balaban J connectivity index is 1.33. The molecular weight excluding hydrogens is 581 g/mol. The van der Waals surface area contributed by atoms with Crippen LogP contribution in [-0.2, 0) is 0 Å². The Morgan fingerprint density at radius 1 is 0.354 bits per heavy atom. The summed E-state index contributed by atoms with van der Waals surface area (Å²) in [7, 11) is 0. The Bertz CT molecular complexity index is 2510. The Labute approximate surface area is 280 Å². The molecule has 0 saturated carbocycles. The van der Waals surface area contributed by atoms with Crippen LogP contribution >= 0.6 is 0 Å². The molecule has 9 aromatic rings. The molecule has 0 aliphatic carbocycles. The molecule has 226 valence electrons. The average Bonchev–Trinajstić information content (AvgIpc) is 3.51. The number of anilines is 3. The molecule has 0 saturated heterocycles. The molecule has 0 unspecified atom stereocenters. The van der Waals surface area contributed by atoms with Crippen molar-refractivity contribution in [1.29, 1.82) is 0 Å². The zero-order valence-corrected chi connectivity index (χ0v) is 26.4. The van der Waals surface area contributed by atoms with E-state index >= 15 is 0 Å². The highest BCUT2D eigenvalue weighted by Crippen LogP contribution is 2.44. The van der Waals surface area contributed by atoms with Gasteiger partial charge in [-0.1, -0.05) is 127 Å². The molecule has 2 nitrogen and oxygen atoms in total. The monoisotopic (exact) mass is 612 g/mol. The maximum Gasteiger partial charge on any atom is 0.0562 e. The highest BCUT2D eigenvalue weighted by molar-refractivity contribution is 6.16. The molecule has 48 heavy (non-hydrogen) atoms. The van der Waals surface area contributed by atoms with Gasteiger partial charge >= 0.3 is 0 Å². The summed E-state index contributed by atoms with van der Waals surface area (Å²) in [4.78, 5) is 2.38. The summed E-state index contributed by atoms with van der Waals surface area (Å²) in [6.45, 7) is 0. The van der Waals surface area contributed by atoms with Crippen LogP contribution in [0.2, 0.25) is 0 Å². The third kappa shape index (κ3) is 4.83. The van der Waals surface area contributed by atoms with E-state index in [0.29, 0.717) is 0 Å². The molecule has 0 amide bonds. The van der Waals surface area contributed by atoms with Crippen LogP contribution in [0, 0.1) is 0 Å². The van der Waals surface area contributed by atoms with Crippen molar-refractivity contribution in [2.45, 2.75) is 0 Å². The summed E-state index contributed by atoms with van der Waals surface area (Å²) >= 11 is 0. The van der Waals surface area contributed by atoms with Gasteiger partial charge in [0.15, 0.2) is 0 Å². The molecule has 1 heterocycles. The first-order valence-electron chi connectivity index (χ1n) is 16.4. The number of para-hydroxylation sites is 3. The topological polar surface area (TPSA) is 8.17 Å². The van der Waals surface area contributed by atoms with Crippen LogP contribution in [-0.4, -0.2) is 4.57 Å². The van der Waals surface area contributed by atoms with Gasteiger partial charge in [-0.2, -0.15) is 0 Å². The summed E-state index contributed by atoms with van der Waals surface area (Å²) in [5, 5.41) is 4.93. The molecule has 0 aliphatic rings. The third-order valence-corrected chi connectivity index (χ3v) is 9.31. The SMILES string of the molecule is c1ccc(-c2cc(-c3ccc4ccccc4c3)cc(-n3c4ccccc4c4c(N(c5ccccc5)c5ccccc5)cccc43)c2)cc1. The Hall–Kier alpha value is -6.38. The van der Waals surface area contributed by atoms with Crippen LogP contribution in [0.25, 0.3) is 60.5 Å². The molecule has 2 heteroatoms. The van der Waals surface area contributed by atoms with Gasteiger partial charge in [-0.3, -0.25) is 0 Å². The number of nitrogens with zero attached hydrogens (tertiary/aromatic N) is 2. The molecule has 8 aromatic carbocycles. The lowest BCUT2D eigenvalue weighted by Crippen LogP contribution is -2.10. The maximum atomic E-state index is 2.44. The fourth-order valence-electron chi connectivity index (χ4n) is 7.12. The predicted octanol–water partition coefficient (Wildman–Crippen LogP) is 12.7. The number of rotatable bonds is 6. The van der Waals surface area contributed by atoms with Crippen LogP contribution in [0.5, 0.6) is 0 Å². The van der Waals surface area contributed by atoms with Crippen LogP contribution in [0.3, 0.4) is 0 Å². The van der Waals surface area contributed by atoms with E-state index in [1.165, 1.54) is 54.8 Å². The summed E-state index contributed by atoms with van der Waals surface area (Å²) in [6.07, 6.45) is 0. The van der Waals surface area contributed by atoms with Crippen molar-refractivity contribution in [1.82, 2.24) is 4.57 Å². The van der Waals surface area contributed by atoms with E-state index in [9.17, 15) is 0 Å². The highest BCUT2D eigenvalue weighted by atomic mass is 15.1. The van der Waals surface area contributed by atoms with Gasteiger partial charge in [0.05, 0.1) is 16.7 Å². The lowest BCUT2D eigenvalue weighted by atomic mass is 9.96. The fraction of sp³-hybridized carbons (Fsp3) is 0. The van der Waals surface area contributed by atoms with Crippen molar-refractivity contribution in [3.8, 4) is 27.9 Å². The van der Waals surface area contributed by atoms with Gasteiger partial charge in [0, 0.05) is 27.8 Å². The van der Waals surface area contributed by atoms with Gasteiger partial charge in [0.2, 0.25) is 0 Å². The number of fused-ring (bicyclic) bond motifs is 4. The number of hydrogen-bond donors (Lipinski definition) is 0. The normalized spacial score (nSPS) is 11.3. The van der Waals surface area contributed by atoms with Crippen molar-refractivity contribution in [2.24, 2.45) is 0 Å². The highest BCUT2D eigenvalue weighted by Gasteiger charge is 2.21. The van der Waals surface area contributed by atoms with Crippen LogP contribution < -0.4 is 4.90 Å². The fourth-order valence-corrected chi connectivity index (χ4v) is 7.12. The van der Waals surface area contributed by atoms with E-state index in [4.69, 9.17) is 0 Å². The molecule has 0 radical (unpaired) electrons. The van der Waals surface area contributed by atoms with Gasteiger partial charge in [-0.15, -0.1) is 0 Å². The molecule has 0 fully saturated rings. The van der Waals surface area contributed by atoms with E-state index < -0.39 is 0 Å². The van der Waals surface area contributed by atoms with E-state index in [2.05, 4.69) is 204 Å². The van der Waals surface area contributed by atoms with Crippen LogP contribution in [0.1, 0.15) is 0 Å². The second kappa shape index (κ2) is 11.8. The van der Waals surface area contributed by atoms with Gasteiger partial charge in [-0.25, -0.2) is 0 Å². The summed E-state index contributed by atoms with van der Waals surface area (Å²) in [6, 6.07) is 69.9. The van der Waals surface area contributed by atoms with Crippen LogP contribution in [0.4, 0.5) is 17.1 Å². The minimum Gasteiger partial charge on any atom is -0.310 e. The Morgan fingerprint density at radius 3 is 1.67 bits per heavy atom. The molecule has 0 atom stereocenters. The second-order valence-electron chi connectivity index (χ2n) is 12.2. The summed E-state index contributed by atoms with van der Waals surface area (Å²) < 4.78 is 2.44. The second-order valence-corrected chi connectivity index (χ2v) is 12.2. The Kier molecular flexibility index (Phi) is 6.84. The summed E-state index contributed by atoms with van der Waals surface area (Å²) in [5.74, 6) is 0. The molecule has 9 rings (SSSR count). The Morgan fingerprint density at radius 2 is 0.938 bits per heavy atom. The standard InChI is InChI=1S/C46H32N2/c1-4-15-33(16-5-1)37-30-38(36-28-27-34-17-10-11-18-35(34)29-36)32-41(31-37)48-43-24-13-12-23-42(43)46-44(25-14-26-45(46)48)47(39-19-6-2-7-20-39)40-21-8-3-9-22-40/h1-32H. The van der Waals surface area contributed by atoms with Crippen molar-refractivity contribution in [2.75, 3.05) is 4.90 Å². The maximum absolute atomic E-state index is 2.44. The van der Waals surface area contributed by atoms with Crippen molar-refractivity contribution in [3.05, 3.63) is 194 Å². The first kappa shape index (κ1) is 27.9. The lowest BCUT2D eigenvalue weighted by Gasteiger charge is -2.26. The van der Waals surface area contributed by atoms with E-state index in [-0.39, 0.29) is 0 Å². The van der Waals surface area contributed by atoms with Gasteiger partial charge < -0.3 is 9.47 Å². The van der Waals surface area contributed by atoms with Crippen LogP contribution in [0.15, 0.2) is 194 Å². The lowest BCUT2D eigenvalue weighted by molar-refractivity contribution is 1.18. The van der Waals surface area contributed by atoms with Gasteiger partial charge in [-0.05, 0) is 99.8 Å². The van der Waals surface area contributed by atoms with Gasteiger partial charge in [0.25, 0.3) is 0 Å². The van der Waals surface area contributed by atoms with E-state index in [1.54, 1.807) is 0 Å². The number of aromatic nitrogens is 1. The third-order valence-electron chi connectivity index (χ3n) is 9.31. The van der Waals surface area contributed by atoms with Crippen molar-refractivity contribution in [3.63, 3.8) is 0 Å². The van der Waals surface area contributed by atoms with Gasteiger partial charge in [0.1, 0.15) is 0 Å². The van der Waals surface area contributed by atoms with Crippen molar-refractivity contribution < 1.29 is 0 Å².